The Labute approximate surface area is 148 Å². The van der Waals surface area contributed by atoms with Crippen LogP contribution in [0.1, 0.15) is 25.7 Å². The molecule has 1 aliphatic rings. The predicted molar refractivity (Wildman–Crippen MR) is 99.5 cm³/mol. The van der Waals surface area contributed by atoms with Crippen molar-refractivity contribution in [2.75, 3.05) is 25.9 Å². The SMILES string of the molecule is CN=C(NCCCCn1cnnc1)NCC1CCCS1.I. The highest BCUT2D eigenvalue weighted by Crippen LogP contribution is 2.25. The monoisotopic (exact) mass is 424 g/mol. The van der Waals surface area contributed by atoms with E-state index < -0.39 is 0 Å². The highest BCUT2D eigenvalue weighted by molar-refractivity contribution is 14.0. The lowest BCUT2D eigenvalue weighted by molar-refractivity contribution is 0.597. The molecule has 2 rings (SSSR count). The smallest absolute Gasteiger partial charge is 0.191 e. The lowest BCUT2D eigenvalue weighted by Crippen LogP contribution is -2.40. The first kappa shape index (κ1) is 18.5. The fourth-order valence-electron chi connectivity index (χ4n) is 2.20. The molecule has 0 aliphatic carbocycles. The Bertz CT molecular complexity index is 391. The van der Waals surface area contributed by atoms with Crippen molar-refractivity contribution in [2.24, 2.45) is 4.99 Å². The van der Waals surface area contributed by atoms with Crippen LogP contribution in [0.3, 0.4) is 0 Å². The summed E-state index contributed by atoms with van der Waals surface area (Å²) in [7, 11) is 1.83. The van der Waals surface area contributed by atoms with Crippen LogP contribution in [-0.4, -0.2) is 51.9 Å². The molecule has 1 saturated heterocycles. The summed E-state index contributed by atoms with van der Waals surface area (Å²) in [6, 6.07) is 0. The number of aromatic nitrogens is 3. The zero-order valence-corrected chi connectivity index (χ0v) is 15.6. The summed E-state index contributed by atoms with van der Waals surface area (Å²) in [5.41, 5.74) is 0. The molecule has 1 aromatic rings. The number of hydrogen-bond donors (Lipinski definition) is 2. The van der Waals surface area contributed by atoms with Crippen molar-refractivity contribution in [1.82, 2.24) is 25.4 Å². The largest absolute Gasteiger partial charge is 0.356 e. The number of unbranched alkanes of at least 4 members (excludes halogenated alkanes) is 1. The lowest BCUT2D eigenvalue weighted by Gasteiger charge is -2.14. The number of aliphatic imine (C=N–C) groups is 1. The van der Waals surface area contributed by atoms with Gasteiger partial charge >= 0.3 is 0 Å². The van der Waals surface area contributed by atoms with Gasteiger partial charge < -0.3 is 15.2 Å². The van der Waals surface area contributed by atoms with E-state index in [0.717, 1.165) is 43.7 Å². The van der Waals surface area contributed by atoms with Crippen LogP contribution in [0.4, 0.5) is 0 Å². The van der Waals surface area contributed by atoms with Crippen molar-refractivity contribution in [1.29, 1.82) is 0 Å². The average molecular weight is 424 g/mol. The van der Waals surface area contributed by atoms with Gasteiger partial charge in [-0.15, -0.1) is 34.2 Å². The van der Waals surface area contributed by atoms with Crippen LogP contribution in [0.2, 0.25) is 0 Å². The Morgan fingerprint density at radius 3 is 2.81 bits per heavy atom. The van der Waals surface area contributed by atoms with Crippen molar-refractivity contribution in [3.63, 3.8) is 0 Å². The van der Waals surface area contributed by atoms with Crippen LogP contribution < -0.4 is 10.6 Å². The van der Waals surface area contributed by atoms with Crippen LogP contribution in [0.15, 0.2) is 17.6 Å². The Morgan fingerprint density at radius 2 is 2.14 bits per heavy atom. The molecular formula is C13H25IN6S. The molecule has 0 spiro atoms. The summed E-state index contributed by atoms with van der Waals surface area (Å²) in [6.07, 6.45) is 8.41. The van der Waals surface area contributed by atoms with E-state index in [1.165, 1.54) is 18.6 Å². The van der Waals surface area contributed by atoms with Crippen molar-refractivity contribution in [3.05, 3.63) is 12.7 Å². The maximum Gasteiger partial charge on any atom is 0.191 e. The summed E-state index contributed by atoms with van der Waals surface area (Å²) in [5, 5.41) is 15.1. The number of rotatable bonds is 7. The molecule has 1 aliphatic heterocycles. The molecule has 1 unspecified atom stereocenters. The van der Waals surface area contributed by atoms with Crippen molar-refractivity contribution in [2.45, 2.75) is 37.5 Å². The van der Waals surface area contributed by atoms with E-state index in [1.807, 2.05) is 11.6 Å². The quantitative estimate of drug-likeness (QED) is 0.302. The molecule has 0 radical (unpaired) electrons. The van der Waals surface area contributed by atoms with Crippen molar-refractivity contribution >= 4 is 41.7 Å². The van der Waals surface area contributed by atoms with Crippen molar-refractivity contribution in [3.8, 4) is 0 Å². The first-order chi connectivity index (χ1) is 9.88. The Hall–Kier alpha value is -0.510. The molecule has 0 saturated carbocycles. The van der Waals surface area contributed by atoms with E-state index in [2.05, 4.69) is 37.6 Å². The third-order valence-corrected chi connectivity index (χ3v) is 4.75. The number of hydrogen-bond acceptors (Lipinski definition) is 4. The Kier molecular flexibility index (Phi) is 9.81. The molecule has 0 amide bonds. The first-order valence-corrected chi connectivity index (χ1v) is 8.32. The minimum atomic E-state index is 0. The van der Waals surface area contributed by atoms with Crippen LogP contribution in [0.25, 0.3) is 0 Å². The topological polar surface area (TPSA) is 67.1 Å². The van der Waals surface area contributed by atoms with Crippen LogP contribution in [0.5, 0.6) is 0 Å². The second-order valence-corrected chi connectivity index (χ2v) is 6.33. The molecule has 21 heavy (non-hydrogen) atoms. The Morgan fingerprint density at radius 1 is 1.33 bits per heavy atom. The van der Waals surface area contributed by atoms with E-state index >= 15 is 0 Å². The molecule has 2 N–H and O–H groups in total. The van der Waals surface area contributed by atoms with Gasteiger partial charge in [0.05, 0.1) is 0 Å². The third kappa shape index (κ3) is 7.35. The zero-order chi connectivity index (χ0) is 14.0. The minimum absolute atomic E-state index is 0. The lowest BCUT2D eigenvalue weighted by atomic mass is 10.2. The van der Waals surface area contributed by atoms with Gasteiger partial charge in [0.2, 0.25) is 0 Å². The summed E-state index contributed by atoms with van der Waals surface area (Å²) >= 11 is 2.07. The molecule has 120 valence electrons. The summed E-state index contributed by atoms with van der Waals surface area (Å²) < 4.78 is 2.00. The summed E-state index contributed by atoms with van der Waals surface area (Å²) in [6.45, 7) is 2.93. The normalized spacial score (nSPS) is 18.3. The first-order valence-electron chi connectivity index (χ1n) is 7.27. The summed E-state index contributed by atoms with van der Waals surface area (Å²) in [5.74, 6) is 2.23. The van der Waals surface area contributed by atoms with E-state index in [1.54, 1.807) is 12.7 Å². The van der Waals surface area contributed by atoms with Crippen LogP contribution >= 0.6 is 35.7 Å². The molecule has 1 fully saturated rings. The van der Waals surface area contributed by atoms with Gasteiger partial charge in [0.1, 0.15) is 12.7 Å². The van der Waals surface area contributed by atoms with Crippen molar-refractivity contribution < 1.29 is 0 Å². The highest BCUT2D eigenvalue weighted by atomic mass is 127. The number of guanidine groups is 1. The second-order valence-electron chi connectivity index (χ2n) is 4.92. The molecule has 6 nitrogen and oxygen atoms in total. The molecule has 8 heteroatoms. The molecule has 2 heterocycles. The van der Waals surface area contributed by atoms with Gasteiger partial charge in [0.25, 0.3) is 0 Å². The standard InChI is InChI=1S/C13H24N6S.HI/c1-14-13(16-9-12-5-4-8-20-12)15-6-2-3-7-19-10-17-18-11-19;/h10-12H,2-9H2,1H3,(H2,14,15,16);1H. The maximum absolute atomic E-state index is 4.26. The number of aryl methyl sites for hydroxylation is 1. The number of nitrogens with one attached hydrogen (secondary N) is 2. The molecule has 0 aromatic carbocycles. The van der Waals surface area contributed by atoms with E-state index in [9.17, 15) is 0 Å². The van der Waals surface area contributed by atoms with Gasteiger partial charge in [0.15, 0.2) is 5.96 Å². The van der Waals surface area contributed by atoms with Crippen LogP contribution in [-0.2, 0) is 6.54 Å². The summed E-state index contributed by atoms with van der Waals surface area (Å²) in [4.78, 5) is 4.26. The average Bonchev–Trinajstić information content (AvgIpc) is 3.14. The third-order valence-electron chi connectivity index (χ3n) is 3.35. The van der Waals surface area contributed by atoms with Gasteiger partial charge in [-0.1, -0.05) is 0 Å². The second kappa shape index (κ2) is 11.1. The fraction of sp³-hybridized carbons (Fsp3) is 0.769. The van der Waals surface area contributed by atoms with Gasteiger partial charge in [-0.3, -0.25) is 4.99 Å². The molecule has 0 bridgehead atoms. The van der Waals surface area contributed by atoms with Gasteiger partial charge in [-0.25, -0.2) is 0 Å². The maximum atomic E-state index is 4.26. The zero-order valence-electron chi connectivity index (χ0n) is 12.5. The van der Waals surface area contributed by atoms with E-state index in [-0.39, 0.29) is 24.0 Å². The number of halogens is 1. The molecule has 1 aromatic heterocycles. The highest BCUT2D eigenvalue weighted by Gasteiger charge is 2.15. The Balaban J connectivity index is 0.00000220. The van der Waals surface area contributed by atoms with Gasteiger partial charge in [-0.05, 0) is 31.4 Å². The minimum Gasteiger partial charge on any atom is -0.356 e. The van der Waals surface area contributed by atoms with E-state index in [0.29, 0.717) is 0 Å². The van der Waals surface area contributed by atoms with Gasteiger partial charge in [0, 0.05) is 31.9 Å². The molecular weight excluding hydrogens is 399 g/mol. The van der Waals surface area contributed by atoms with E-state index in [4.69, 9.17) is 0 Å². The molecule has 1 atom stereocenters. The van der Waals surface area contributed by atoms with Gasteiger partial charge in [-0.2, -0.15) is 11.8 Å². The number of nitrogens with zero attached hydrogens (tertiary/aromatic N) is 4. The fourth-order valence-corrected chi connectivity index (χ4v) is 3.40. The predicted octanol–water partition coefficient (Wildman–Crippen LogP) is 1.74. The number of thioether (sulfide) groups is 1. The van der Waals surface area contributed by atoms with Crippen LogP contribution in [0, 0.1) is 0 Å².